The predicted octanol–water partition coefficient (Wildman–Crippen LogP) is 1.29. The predicted molar refractivity (Wildman–Crippen MR) is 86.3 cm³/mol. The van der Waals surface area contributed by atoms with E-state index in [1.165, 1.54) is 9.44 Å². The highest BCUT2D eigenvalue weighted by atomic mass is 32.1. The van der Waals surface area contributed by atoms with E-state index < -0.39 is 0 Å². The number of rotatable bonds is 5. The van der Waals surface area contributed by atoms with Gasteiger partial charge in [0.15, 0.2) is 0 Å². The highest BCUT2D eigenvalue weighted by Gasteiger charge is 2.09. The summed E-state index contributed by atoms with van der Waals surface area (Å²) in [6.07, 6.45) is 0.700. The number of aromatic nitrogens is 3. The van der Waals surface area contributed by atoms with Gasteiger partial charge in [-0.05, 0) is 33.8 Å². The maximum atomic E-state index is 11.9. The topological polar surface area (TPSA) is 76.9 Å². The minimum atomic E-state index is -0.390. The molecule has 7 heteroatoms. The number of carbonyl (C=O) groups is 1. The quantitative estimate of drug-likeness (QED) is 0.900. The van der Waals surface area contributed by atoms with Gasteiger partial charge in [-0.25, -0.2) is 9.78 Å². The molecule has 0 aliphatic rings. The van der Waals surface area contributed by atoms with Crippen molar-refractivity contribution in [1.82, 2.24) is 19.9 Å². The monoisotopic (exact) mass is 320 g/mol. The zero-order chi connectivity index (χ0) is 16.3. The van der Waals surface area contributed by atoms with Gasteiger partial charge in [0.25, 0.3) is 0 Å². The van der Waals surface area contributed by atoms with Gasteiger partial charge < -0.3 is 5.32 Å². The molecule has 0 atom stereocenters. The van der Waals surface area contributed by atoms with Crippen LogP contribution in [0.25, 0.3) is 0 Å². The second-order valence-corrected chi connectivity index (χ2v) is 6.54. The van der Waals surface area contributed by atoms with Crippen LogP contribution in [0.15, 0.2) is 10.9 Å². The normalized spacial score (nSPS) is 10.7. The number of nitrogens with zero attached hydrogens (tertiary/aromatic N) is 3. The minimum absolute atomic E-state index is 0.00608. The lowest BCUT2D eigenvalue weighted by Gasteiger charge is -2.09. The van der Waals surface area contributed by atoms with Gasteiger partial charge in [-0.2, -0.15) is 4.98 Å². The Morgan fingerprint density at radius 1 is 1.27 bits per heavy atom. The Labute approximate surface area is 133 Å². The van der Waals surface area contributed by atoms with Gasteiger partial charge in [0.05, 0.1) is 10.7 Å². The number of thiazole rings is 1. The van der Waals surface area contributed by atoms with Gasteiger partial charge in [0.2, 0.25) is 5.91 Å². The van der Waals surface area contributed by atoms with Crippen molar-refractivity contribution >= 4 is 17.2 Å². The van der Waals surface area contributed by atoms with Gasteiger partial charge >= 0.3 is 5.69 Å². The molecule has 1 N–H and O–H groups in total. The van der Waals surface area contributed by atoms with Gasteiger partial charge in [-0.1, -0.05) is 0 Å². The second kappa shape index (κ2) is 6.83. The fourth-order valence-electron chi connectivity index (χ4n) is 2.12. The molecule has 0 bridgehead atoms. The lowest BCUT2D eigenvalue weighted by Crippen LogP contribution is -2.35. The molecule has 0 saturated heterocycles. The first kappa shape index (κ1) is 16.4. The molecule has 0 fully saturated rings. The molecule has 1 amide bonds. The van der Waals surface area contributed by atoms with E-state index in [9.17, 15) is 9.59 Å². The SMILES string of the molecule is Cc1cc(C)n(CC(=O)NCCc2nc(C)c(C)s2)c(=O)n1. The number of hydrogen-bond donors (Lipinski definition) is 1. The molecule has 118 valence electrons. The molecule has 0 aliphatic carbocycles. The first-order chi connectivity index (χ1) is 10.4. The van der Waals surface area contributed by atoms with Gasteiger partial charge in [-0.3, -0.25) is 9.36 Å². The third kappa shape index (κ3) is 4.00. The van der Waals surface area contributed by atoms with E-state index in [-0.39, 0.29) is 18.1 Å². The first-order valence-electron chi connectivity index (χ1n) is 7.11. The first-order valence-corrected chi connectivity index (χ1v) is 7.93. The second-order valence-electron chi connectivity index (χ2n) is 5.26. The molecule has 0 unspecified atom stereocenters. The third-order valence-corrected chi connectivity index (χ3v) is 4.51. The Balaban J connectivity index is 1.90. The maximum absolute atomic E-state index is 11.9. The molecular weight excluding hydrogens is 300 g/mol. The van der Waals surface area contributed by atoms with E-state index in [0.29, 0.717) is 18.7 Å². The van der Waals surface area contributed by atoms with Crippen molar-refractivity contribution in [2.24, 2.45) is 0 Å². The lowest BCUT2D eigenvalue weighted by molar-refractivity contribution is -0.121. The number of nitrogens with one attached hydrogen (secondary N) is 1. The number of amides is 1. The van der Waals surface area contributed by atoms with Crippen molar-refractivity contribution < 1.29 is 4.79 Å². The summed E-state index contributed by atoms with van der Waals surface area (Å²) in [5.74, 6) is -0.194. The van der Waals surface area contributed by atoms with E-state index in [0.717, 1.165) is 16.4 Å². The zero-order valence-electron chi connectivity index (χ0n) is 13.3. The van der Waals surface area contributed by atoms with Gasteiger partial charge in [0, 0.05) is 29.2 Å². The van der Waals surface area contributed by atoms with Crippen molar-refractivity contribution in [3.63, 3.8) is 0 Å². The van der Waals surface area contributed by atoms with Crippen molar-refractivity contribution in [3.05, 3.63) is 43.5 Å². The van der Waals surface area contributed by atoms with E-state index in [1.54, 1.807) is 31.3 Å². The third-order valence-electron chi connectivity index (χ3n) is 3.38. The number of carbonyl (C=O) groups excluding carboxylic acids is 1. The van der Waals surface area contributed by atoms with Crippen LogP contribution in [0.5, 0.6) is 0 Å². The summed E-state index contributed by atoms with van der Waals surface area (Å²) in [6.45, 7) is 8.08. The fraction of sp³-hybridized carbons (Fsp3) is 0.467. The van der Waals surface area contributed by atoms with Crippen molar-refractivity contribution in [2.45, 2.75) is 40.7 Å². The average molecular weight is 320 g/mol. The average Bonchev–Trinajstić information content (AvgIpc) is 2.73. The zero-order valence-corrected chi connectivity index (χ0v) is 14.1. The lowest BCUT2D eigenvalue weighted by atomic mass is 10.3. The Morgan fingerprint density at radius 2 is 2.00 bits per heavy atom. The summed E-state index contributed by atoms with van der Waals surface area (Å²) >= 11 is 1.65. The molecule has 0 aliphatic heterocycles. The summed E-state index contributed by atoms with van der Waals surface area (Å²) < 4.78 is 1.38. The molecular formula is C15H20N4O2S. The van der Waals surface area contributed by atoms with Gasteiger partial charge in [-0.15, -0.1) is 11.3 Å². The van der Waals surface area contributed by atoms with Crippen molar-refractivity contribution in [1.29, 1.82) is 0 Å². The fourth-order valence-corrected chi connectivity index (χ4v) is 3.05. The molecule has 0 saturated carbocycles. The smallest absolute Gasteiger partial charge is 0.348 e. The Kier molecular flexibility index (Phi) is 5.07. The summed E-state index contributed by atoms with van der Waals surface area (Å²) in [7, 11) is 0. The van der Waals surface area contributed by atoms with Crippen LogP contribution in [0.4, 0.5) is 0 Å². The van der Waals surface area contributed by atoms with Crippen LogP contribution in [0, 0.1) is 27.7 Å². The summed E-state index contributed by atoms with van der Waals surface area (Å²) in [4.78, 5) is 33.2. The van der Waals surface area contributed by atoms with Crippen LogP contribution in [0.3, 0.4) is 0 Å². The summed E-state index contributed by atoms with van der Waals surface area (Å²) in [6, 6.07) is 1.79. The van der Waals surface area contributed by atoms with E-state index in [1.807, 2.05) is 13.8 Å². The molecule has 0 aromatic carbocycles. The minimum Gasteiger partial charge on any atom is -0.354 e. The molecule has 2 rings (SSSR count). The van der Waals surface area contributed by atoms with Crippen LogP contribution < -0.4 is 11.0 Å². The Morgan fingerprint density at radius 3 is 2.59 bits per heavy atom. The molecule has 0 radical (unpaired) electrons. The highest BCUT2D eigenvalue weighted by molar-refractivity contribution is 7.11. The summed E-state index contributed by atoms with van der Waals surface area (Å²) in [5, 5.41) is 3.83. The molecule has 2 heterocycles. The largest absolute Gasteiger partial charge is 0.354 e. The molecule has 0 spiro atoms. The molecule has 2 aromatic rings. The molecule has 22 heavy (non-hydrogen) atoms. The van der Waals surface area contributed by atoms with Crippen LogP contribution in [0.1, 0.15) is 27.0 Å². The van der Waals surface area contributed by atoms with E-state index in [2.05, 4.69) is 15.3 Å². The van der Waals surface area contributed by atoms with E-state index in [4.69, 9.17) is 0 Å². The van der Waals surface area contributed by atoms with E-state index >= 15 is 0 Å². The van der Waals surface area contributed by atoms with Crippen LogP contribution >= 0.6 is 11.3 Å². The van der Waals surface area contributed by atoms with Crippen LogP contribution in [-0.2, 0) is 17.8 Å². The van der Waals surface area contributed by atoms with Gasteiger partial charge in [0.1, 0.15) is 6.54 Å². The number of hydrogen-bond acceptors (Lipinski definition) is 5. The standard InChI is InChI=1S/C15H20N4O2S/c1-9-7-10(2)19(15(21)17-9)8-13(20)16-6-5-14-18-11(3)12(4)22-14/h7H,5-6,8H2,1-4H3,(H,16,20). The van der Waals surface area contributed by atoms with Crippen molar-refractivity contribution in [3.8, 4) is 0 Å². The Bertz CT molecular complexity index is 729. The maximum Gasteiger partial charge on any atom is 0.348 e. The van der Waals surface area contributed by atoms with Crippen LogP contribution in [-0.4, -0.2) is 27.0 Å². The van der Waals surface area contributed by atoms with Crippen molar-refractivity contribution in [2.75, 3.05) is 6.54 Å². The summed E-state index contributed by atoms with van der Waals surface area (Å²) in [5.41, 5.74) is 2.05. The molecule has 2 aromatic heterocycles. The highest BCUT2D eigenvalue weighted by Crippen LogP contribution is 2.16. The Hall–Kier alpha value is -2.02. The molecule has 6 nitrogen and oxygen atoms in total. The van der Waals surface area contributed by atoms with Crippen LogP contribution in [0.2, 0.25) is 0 Å². The number of aryl methyl sites for hydroxylation is 4.